The normalized spacial score (nSPS) is 37.9. The van der Waals surface area contributed by atoms with Crippen molar-refractivity contribution < 1.29 is 24.2 Å². The van der Waals surface area contributed by atoms with Crippen LogP contribution in [0.5, 0.6) is 0 Å². The van der Waals surface area contributed by atoms with Crippen LogP contribution in [0.1, 0.15) is 39.3 Å². The molecule has 3 saturated heterocycles. The van der Waals surface area contributed by atoms with Gasteiger partial charge in [-0.15, -0.1) is 0 Å². The number of nitrogens with one attached hydrogen (secondary N) is 1. The Bertz CT molecular complexity index is 863. The number of fused-ring (bicyclic) bond motifs is 2. The van der Waals surface area contributed by atoms with E-state index in [1.54, 1.807) is 0 Å². The molecule has 7 heteroatoms. The number of para-hydroxylation sites is 1. The van der Waals surface area contributed by atoms with E-state index in [0.29, 0.717) is 6.61 Å². The Labute approximate surface area is 158 Å². The minimum atomic E-state index is -0.714. The predicted octanol–water partition coefficient (Wildman–Crippen LogP) is 2.95. The molecule has 7 nitrogen and oxygen atoms in total. The molecule has 0 bridgehead atoms. The highest BCUT2D eigenvalue weighted by molar-refractivity contribution is 5.83. The van der Waals surface area contributed by atoms with Gasteiger partial charge in [-0.25, -0.2) is 0 Å². The fourth-order valence-corrected chi connectivity index (χ4v) is 4.74. The molecule has 3 aliphatic rings. The zero-order valence-electron chi connectivity index (χ0n) is 16.0. The standard InChI is InChI=1S/C20H26N2O5/c1-19(2)24-10-14(25-19)16-18-17(26-20(3,4)27-18)15(22(16)23)12-9-21-13-8-6-5-7-11(12)13/h5-9,14-18,21,23H,10H2,1-4H3/t14?,15-,16+,17-,18+/m1/s1. The quantitative estimate of drug-likeness (QED) is 0.842. The van der Waals surface area contributed by atoms with E-state index in [0.717, 1.165) is 16.5 Å². The average Bonchev–Trinajstić information content (AvgIpc) is 3.29. The molecule has 3 fully saturated rings. The monoisotopic (exact) mass is 374 g/mol. The maximum absolute atomic E-state index is 11.2. The summed E-state index contributed by atoms with van der Waals surface area (Å²) in [6.07, 6.45) is 1.03. The Morgan fingerprint density at radius 2 is 1.78 bits per heavy atom. The van der Waals surface area contributed by atoms with Gasteiger partial charge in [-0.3, -0.25) is 0 Å². The third-order valence-corrected chi connectivity index (χ3v) is 5.75. The molecule has 0 radical (unpaired) electrons. The van der Waals surface area contributed by atoms with E-state index < -0.39 is 11.6 Å². The van der Waals surface area contributed by atoms with E-state index >= 15 is 0 Å². The Morgan fingerprint density at radius 3 is 2.52 bits per heavy atom. The molecule has 27 heavy (non-hydrogen) atoms. The second kappa shape index (κ2) is 5.76. The van der Waals surface area contributed by atoms with E-state index in [-0.39, 0.29) is 30.4 Å². The summed E-state index contributed by atoms with van der Waals surface area (Å²) in [5, 5.41) is 13.6. The Morgan fingerprint density at radius 1 is 1.04 bits per heavy atom. The highest BCUT2D eigenvalue weighted by Gasteiger charge is 2.62. The van der Waals surface area contributed by atoms with Crippen molar-refractivity contribution in [2.45, 2.75) is 69.7 Å². The summed E-state index contributed by atoms with van der Waals surface area (Å²) >= 11 is 0. The fraction of sp³-hybridized carbons (Fsp3) is 0.600. The van der Waals surface area contributed by atoms with Crippen LogP contribution in [0, 0.1) is 0 Å². The van der Waals surface area contributed by atoms with Gasteiger partial charge in [0.2, 0.25) is 0 Å². The molecule has 1 aromatic carbocycles. The lowest BCUT2D eigenvalue weighted by molar-refractivity contribution is -0.235. The van der Waals surface area contributed by atoms with Crippen LogP contribution in [-0.2, 0) is 18.9 Å². The molecular weight excluding hydrogens is 348 g/mol. The van der Waals surface area contributed by atoms with Crippen LogP contribution in [0.4, 0.5) is 0 Å². The van der Waals surface area contributed by atoms with Crippen LogP contribution < -0.4 is 0 Å². The van der Waals surface area contributed by atoms with Gasteiger partial charge in [0.05, 0.1) is 18.7 Å². The molecular formula is C20H26N2O5. The lowest BCUT2D eigenvalue weighted by Gasteiger charge is -2.32. The second-order valence-electron chi connectivity index (χ2n) is 8.54. The van der Waals surface area contributed by atoms with Gasteiger partial charge in [-0.2, -0.15) is 5.06 Å². The summed E-state index contributed by atoms with van der Waals surface area (Å²) in [6.45, 7) is 7.99. The minimum absolute atomic E-state index is 0.301. The van der Waals surface area contributed by atoms with Gasteiger partial charge in [0.15, 0.2) is 11.6 Å². The molecule has 0 spiro atoms. The lowest BCUT2D eigenvalue weighted by Crippen LogP contribution is -2.47. The van der Waals surface area contributed by atoms with Gasteiger partial charge in [0, 0.05) is 17.1 Å². The van der Waals surface area contributed by atoms with Gasteiger partial charge < -0.3 is 29.1 Å². The number of rotatable bonds is 2. The number of aromatic nitrogens is 1. The zero-order chi connectivity index (χ0) is 19.0. The van der Waals surface area contributed by atoms with E-state index in [4.69, 9.17) is 18.9 Å². The number of nitrogens with zero attached hydrogens (tertiary/aromatic N) is 1. The van der Waals surface area contributed by atoms with Crippen LogP contribution in [0.3, 0.4) is 0 Å². The molecule has 1 unspecified atom stereocenters. The summed E-state index contributed by atoms with van der Waals surface area (Å²) in [4.78, 5) is 3.29. The molecule has 0 saturated carbocycles. The topological polar surface area (TPSA) is 76.2 Å². The summed E-state index contributed by atoms with van der Waals surface area (Å²) in [6, 6.07) is 7.33. The zero-order valence-corrected chi connectivity index (χ0v) is 16.0. The third kappa shape index (κ3) is 2.73. The highest BCUT2D eigenvalue weighted by atomic mass is 16.8. The van der Waals surface area contributed by atoms with Crippen molar-refractivity contribution >= 4 is 10.9 Å². The molecule has 1 aromatic heterocycles. The van der Waals surface area contributed by atoms with Gasteiger partial charge in [0.25, 0.3) is 0 Å². The molecule has 2 N–H and O–H groups in total. The molecule has 4 heterocycles. The first kappa shape index (κ1) is 17.6. The van der Waals surface area contributed by atoms with Crippen molar-refractivity contribution in [2.75, 3.05) is 6.61 Å². The first-order valence-corrected chi connectivity index (χ1v) is 9.46. The average molecular weight is 374 g/mol. The van der Waals surface area contributed by atoms with E-state index in [9.17, 15) is 5.21 Å². The van der Waals surface area contributed by atoms with Crippen LogP contribution >= 0.6 is 0 Å². The molecule has 146 valence electrons. The van der Waals surface area contributed by atoms with Crippen LogP contribution in [0.25, 0.3) is 10.9 Å². The van der Waals surface area contributed by atoms with Crippen LogP contribution in [-0.4, -0.2) is 57.8 Å². The largest absolute Gasteiger partial charge is 0.361 e. The molecule has 3 aliphatic heterocycles. The second-order valence-corrected chi connectivity index (χ2v) is 8.54. The van der Waals surface area contributed by atoms with Crippen molar-refractivity contribution in [1.82, 2.24) is 10.0 Å². The SMILES string of the molecule is CC1(C)OCC([C@H]2[C@@H]3OC(C)(C)O[C@@H]3[C@@H](c3c[nH]c4ccccc34)N2O)O1. The summed E-state index contributed by atoms with van der Waals surface area (Å²) in [5.74, 6) is -1.39. The van der Waals surface area contributed by atoms with E-state index in [1.165, 1.54) is 5.06 Å². The highest BCUT2D eigenvalue weighted by Crippen LogP contribution is 2.49. The number of benzene rings is 1. The molecule has 2 aromatic rings. The predicted molar refractivity (Wildman–Crippen MR) is 97.2 cm³/mol. The smallest absolute Gasteiger partial charge is 0.163 e. The van der Waals surface area contributed by atoms with Crippen LogP contribution in [0.2, 0.25) is 0 Å². The van der Waals surface area contributed by atoms with Crippen molar-refractivity contribution in [3.63, 3.8) is 0 Å². The number of aromatic amines is 1. The van der Waals surface area contributed by atoms with Crippen LogP contribution in [0.15, 0.2) is 30.5 Å². The van der Waals surface area contributed by atoms with E-state index in [1.807, 2.05) is 52.1 Å². The lowest BCUT2D eigenvalue weighted by atomic mass is 9.99. The van der Waals surface area contributed by atoms with Crippen molar-refractivity contribution in [2.24, 2.45) is 0 Å². The first-order valence-electron chi connectivity index (χ1n) is 9.46. The summed E-state index contributed by atoms with van der Waals surface area (Å²) < 4.78 is 24.3. The summed E-state index contributed by atoms with van der Waals surface area (Å²) in [7, 11) is 0. The molecule has 5 atom stereocenters. The van der Waals surface area contributed by atoms with Crippen molar-refractivity contribution in [1.29, 1.82) is 0 Å². The maximum atomic E-state index is 11.2. The number of hydrogen-bond acceptors (Lipinski definition) is 6. The van der Waals surface area contributed by atoms with Crippen molar-refractivity contribution in [3.8, 4) is 0 Å². The van der Waals surface area contributed by atoms with Gasteiger partial charge >= 0.3 is 0 Å². The van der Waals surface area contributed by atoms with Gasteiger partial charge in [0.1, 0.15) is 18.3 Å². The Kier molecular flexibility index (Phi) is 3.76. The number of hydroxylamine groups is 2. The minimum Gasteiger partial charge on any atom is -0.361 e. The fourth-order valence-electron chi connectivity index (χ4n) is 4.74. The molecule has 0 aliphatic carbocycles. The van der Waals surface area contributed by atoms with E-state index in [2.05, 4.69) is 11.1 Å². The van der Waals surface area contributed by atoms with Gasteiger partial charge in [-0.1, -0.05) is 18.2 Å². The maximum Gasteiger partial charge on any atom is 0.163 e. The number of H-pyrrole nitrogens is 1. The Balaban J connectivity index is 1.56. The van der Waals surface area contributed by atoms with Gasteiger partial charge in [-0.05, 0) is 39.3 Å². The third-order valence-electron chi connectivity index (χ3n) is 5.75. The van der Waals surface area contributed by atoms with Crippen molar-refractivity contribution in [3.05, 3.63) is 36.0 Å². The molecule has 5 rings (SSSR count). The first-order chi connectivity index (χ1) is 12.8. The number of ether oxygens (including phenoxy) is 4. The Hall–Kier alpha value is -1.48. The summed E-state index contributed by atoms with van der Waals surface area (Å²) in [5.41, 5.74) is 2.02. The number of hydrogen-bond donors (Lipinski definition) is 2. The molecule has 0 amide bonds.